The highest BCUT2D eigenvalue weighted by Gasteiger charge is 2.31. The monoisotopic (exact) mass is 370 g/mol. The second-order valence-electron chi connectivity index (χ2n) is 5.48. The van der Waals surface area contributed by atoms with E-state index in [1.54, 1.807) is 44.4 Å². The average Bonchev–Trinajstić information content (AvgIpc) is 2.52. The van der Waals surface area contributed by atoms with Gasteiger partial charge in [-0.25, -0.2) is 8.42 Å². The number of halogens is 3. The second-order valence-corrected chi connectivity index (χ2v) is 7.05. The summed E-state index contributed by atoms with van der Waals surface area (Å²) in [6, 6.07) is 11.6. The van der Waals surface area contributed by atoms with Crippen LogP contribution in [-0.4, -0.2) is 22.5 Å². The van der Waals surface area contributed by atoms with Crippen LogP contribution in [0.3, 0.4) is 0 Å². The molecule has 134 valence electrons. The van der Waals surface area contributed by atoms with Crippen molar-refractivity contribution in [3.63, 3.8) is 0 Å². The molecule has 0 aliphatic carbocycles. The minimum absolute atomic E-state index is 0.141. The van der Waals surface area contributed by atoms with Crippen molar-refractivity contribution < 1.29 is 21.6 Å². The van der Waals surface area contributed by atoms with E-state index in [0.717, 1.165) is 17.5 Å². The second kappa shape index (κ2) is 7.18. The van der Waals surface area contributed by atoms with E-state index in [-0.39, 0.29) is 5.69 Å². The van der Waals surface area contributed by atoms with Gasteiger partial charge in [0.2, 0.25) is 0 Å². The Morgan fingerprint density at radius 1 is 1.04 bits per heavy atom. The van der Waals surface area contributed by atoms with Crippen LogP contribution in [0, 0.1) is 0 Å². The standard InChI is InChI=1S/C17H17F3N2O2S/c1-22(2)16-9-8-14(17(18,19)20)12-15(16)21-25(23,24)11-10-13-6-4-3-5-7-13/h3-12,21H,1-2H3/b11-10+. The highest BCUT2D eigenvalue weighted by Crippen LogP contribution is 2.35. The van der Waals surface area contributed by atoms with Crippen LogP contribution in [0.2, 0.25) is 0 Å². The summed E-state index contributed by atoms with van der Waals surface area (Å²) in [6.45, 7) is 0. The van der Waals surface area contributed by atoms with Gasteiger partial charge in [0.05, 0.1) is 22.3 Å². The van der Waals surface area contributed by atoms with Gasteiger partial charge in [-0.05, 0) is 29.8 Å². The number of nitrogens with one attached hydrogen (secondary N) is 1. The number of benzene rings is 2. The molecule has 25 heavy (non-hydrogen) atoms. The van der Waals surface area contributed by atoms with E-state index in [4.69, 9.17) is 0 Å². The first-order valence-corrected chi connectivity index (χ1v) is 8.78. The molecular weight excluding hydrogens is 353 g/mol. The minimum Gasteiger partial charge on any atom is -0.376 e. The Morgan fingerprint density at radius 3 is 2.24 bits per heavy atom. The van der Waals surface area contributed by atoms with Crippen molar-refractivity contribution in [1.29, 1.82) is 0 Å². The predicted molar refractivity (Wildman–Crippen MR) is 93.8 cm³/mol. The number of hydrogen-bond acceptors (Lipinski definition) is 3. The molecule has 0 fully saturated rings. The van der Waals surface area contributed by atoms with Crippen molar-refractivity contribution in [2.75, 3.05) is 23.7 Å². The van der Waals surface area contributed by atoms with Crippen LogP contribution in [0.5, 0.6) is 0 Å². The zero-order valence-electron chi connectivity index (χ0n) is 13.6. The highest BCUT2D eigenvalue weighted by atomic mass is 32.2. The number of anilines is 2. The van der Waals surface area contributed by atoms with Crippen molar-refractivity contribution in [3.05, 3.63) is 65.1 Å². The number of alkyl halides is 3. The van der Waals surface area contributed by atoms with Crippen molar-refractivity contribution >= 4 is 27.5 Å². The van der Waals surface area contributed by atoms with Gasteiger partial charge >= 0.3 is 6.18 Å². The zero-order valence-corrected chi connectivity index (χ0v) is 14.4. The van der Waals surface area contributed by atoms with Gasteiger partial charge in [0, 0.05) is 14.1 Å². The molecule has 2 rings (SSSR count). The minimum atomic E-state index is -4.56. The van der Waals surface area contributed by atoms with E-state index in [0.29, 0.717) is 11.3 Å². The van der Waals surface area contributed by atoms with E-state index < -0.39 is 21.8 Å². The normalized spacial score (nSPS) is 12.4. The van der Waals surface area contributed by atoms with Gasteiger partial charge in [-0.15, -0.1) is 0 Å². The molecule has 2 aromatic carbocycles. The maximum Gasteiger partial charge on any atom is 0.416 e. The molecule has 4 nitrogen and oxygen atoms in total. The van der Waals surface area contributed by atoms with Crippen molar-refractivity contribution in [2.45, 2.75) is 6.18 Å². The average molecular weight is 370 g/mol. The quantitative estimate of drug-likeness (QED) is 0.859. The highest BCUT2D eigenvalue weighted by molar-refractivity contribution is 7.95. The number of nitrogens with zero attached hydrogens (tertiary/aromatic N) is 1. The largest absolute Gasteiger partial charge is 0.416 e. The molecule has 0 amide bonds. The smallest absolute Gasteiger partial charge is 0.376 e. The van der Waals surface area contributed by atoms with Crippen molar-refractivity contribution in [3.8, 4) is 0 Å². The van der Waals surface area contributed by atoms with Crippen LogP contribution in [0.25, 0.3) is 6.08 Å². The van der Waals surface area contributed by atoms with Gasteiger partial charge < -0.3 is 4.90 Å². The van der Waals surface area contributed by atoms with Crippen LogP contribution in [0.4, 0.5) is 24.5 Å². The summed E-state index contributed by atoms with van der Waals surface area (Å²) in [6.07, 6.45) is -3.20. The first-order valence-electron chi connectivity index (χ1n) is 7.23. The van der Waals surface area contributed by atoms with E-state index in [2.05, 4.69) is 4.72 Å². The molecule has 0 saturated carbocycles. The Kier molecular flexibility index (Phi) is 5.42. The van der Waals surface area contributed by atoms with Crippen molar-refractivity contribution in [2.24, 2.45) is 0 Å². The summed E-state index contributed by atoms with van der Waals surface area (Å²) in [7, 11) is -0.753. The van der Waals surface area contributed by atoms with Gasteiger partial charge in [-0.2, -0.15) is 13.2 Å². The molecule has 1 N–H and O–H groups in total. The molecular formula is C17H17F3N2O2S. The van der Waals surface area contributed by atoms with E-state index in [9.17, 15) is 21.6 Å². The Bertz CT molecular complexity index is 861. The fraction of sp³-hybridized carbons (Fsp3) is 0.176. The Balaban J connectivity index is 2.35. The molecule has 0 radical (unpaired) electrons. The van der Waals surface area contributed by atoms with Crippen molar-refractivity contribution in [1.82, 2.24) is 0 Å². The third kappa shape index (κ3) is 5.25. The summed E-state index contributed by atoms with van der Waals surface area (Å²) < 4.78 is 65.3. The topological polar surface area (TPSA) is 49.4 Å². The third-order valence-corrected chi connectivity index (χ3v) is 4.30. The lowest BCUT2D eigenvalue weighted by atomic mass is 10.1. The van der Waals surface area contributed by atoms with Crippen LogP contribution >= 0.6 is 0 Å². The van der Waals surface area contributed by atoms with E-state index in [1.807, 2.05) is 0 Å². The zero-order chi connectivity index (χ0) is 18.7. The lowest BCUT2D eigenvalue weighted by Gasteiger charge is -2.19. The predicted octanol–water partition coefficient (Wildman–Crippen LogP) is 4.18. The van der Waals surface area contributed by atoms with Crippen LogP contribution in [0.1, 0.15) is 11.1 Å². The molecule has 0 saturated heterocycles. The first kappa shape index (κ1) is 18.9. The van der Waals surface area contributed by atoms with E-state index in [1.165, 1.54) is 17.0 Å². The Labute approximate surface area is 144 Å². The fourth-order valence-electron chi connectivity index (χ4n) is 2.10. The lowest BCUT2D eigenvalue weighted by molar-refractivity contribution is -0.137. The molecule has 0 unspecified atom stereocenters. The molecule has 0 aliphatic rings. The lowest BCUT2D eigenvalue weighted by Crippen LogP contribution is -2.17. The molecule has 0 aliphatic heterocycles. The Morgan fingerprint density at radius 2 is 1.68 bits per heavy atom. The SMILES string of the molecule is CN(C)c1ccc(C(F)(F)F)cc1NS(=O)(=O)/C=C/c1ccccc1. The number of rotatable bonds is 5. The fourth-order valence-corrected chi connectivity index (χ4v) is 2.98. The van der Waals surface area contributed by atoms with Gasteiger partial charge in [-0.1, -0.05) is 30.3 Å². The molecule has 8 heteroatoms. The summed E-state index contributed by atoms with van der Waals surface area (Å²) >= 11 is 0. The molecule has 0 atom stereocenters. The Hall–Kier alpha value is -2.48. The maximum atomic E-state index is 12.9. The van der Waals surface area contributed by atoms with Gasteiger partial charge in [0.15, 0.2) is 0 Å². The summed E-state index contributed by atoms with van der Waals surface area (Å²) in [4.78, 5) is 1.53. The third-order valence-electron chi connectivity index (χ3n) is 3.30. The number of hydrogen-bond donors (Lipinski definition) is 1. The summed E-state index contributed by atoms with van der Waals surface area (Å²) in [5.41, 5.74) is -0.0881. The van der Waals surface area contributed by atoms with Crippen LogP contribution in [0.15, 0.2) is 53.9 Å². The molecule has 0 aromatic heterocycles. The summed E-state index contributed by atoms with van der Waals surface area (Å²) in [5, 5.41) is 0.919. The van der Waals surface area contributed by atoms with Crippen LogP contribution in [-0.2, 0) is 16.2 Å². The maximum absolute atomic E-state index is 12.9. The molecule has 0 heterocycles. The first-order chi connectivity index (χ1) is 11.6. The molecule has 2 aromatic rings. The molecule has 0 bridgehead atoms. The van der Waals surface area contributed by atoms with Gasteiger partial charge in [-0.3, -0.25) is 4.72 Å². The number of sulfonamides is 1. The summed E-state index contributed by atoms with van der Waals surface area (Å²) in [5.74, 6) is 0. The van der Waals surface area contributed by atoms with Crippen LogP contribution < -0.4 is 9.62 Å². The van der Waals surface area contributed by atoms with Gasteiger partial charge in [0.25, 0.3) is 10.0 Å². The molecule has 0 spiro atoms. The van der Waals surface area contributed by atoms with Gasteiger partial charge in [0.1, 0.15) is 0 Å². The van der Waals surface area contributed by atoms with E-state index >= 15 is 0 Å².